The topological polar surface area (TPSA) is 75.7 Å². The Bertz CT molecular complexity index is 327. The number of unbranched alkanes of at least 4 members (excludes halogenated alkanes) is 2. The second-order valence-corrected chi connectivity index (χ2v) is 4.30. The number of hydrogen-bond donors (Lipinski definition) is 2. The molecule has 1 aromatic rings. The molecule has 1 rings (SSSR count). The average Bonchev–Trinajstić information content (AvgIpc) is 2.25. The highest BCUT2D eigenvalue weighted by molar-refractivity contribution is 7.99. The van der Waals surface area contributed by atoms with E-state index in [0.717, 1.165) is 17.2 Å². The molecule has 15 heavy (non-hydrogen) atoms. The SMILES string of the molecule is CCCCCSc1nnccc1C(=N)N. The van der Waals surface area contributed by atoms with Gasteiger partial charge in [0.2, 0.25) is 0 Å². The van der Waals surface area contributed by atoms with E-state index in [9.17, 15) is 0 Å². The zero-order valence-corrected chi connectivity index (χ0v) is 9.68. The third-order valence-corrected chi connectivity index (χ3v) is 3.03. The third kappa shape index (κ3) is 3.87. The van der Waals surface area contributed by atoms with Gasteiger partial charge in [-0.2, -0.15) is 5.10 Å². The summed E-state index contributed by atoms with van der Waals surface area (Å²) in [4.78, 5) is 0. The minimum Gasteiger partial charge on any atom is -0.384 e. The summed E-state index contributed by atoms with van der Waals surface area (Å²) in [6, 6.07) is 1.73. The second kappa shape index (κ2) is 6.40. The zero-order valence-electron chi connectivity index (χ0n) is 8.86. The van der Waals surface area contributed by atoms with Crippen LogP contribution in [0.2, 0.25) is 0 Å². The van der Waals surface area contributed by atoms with Crippen LogP contribution in [-0.2, 0) is 0 Å². The maximum Gasteiger partial charge on any atom is 0.130 e. The highest BCUT2D eigenvalue weighted by Crippen LogP contribution is 2.20. The van der Waals surface area contributed by atoms with Gasteiger partial charge in [-0.1, -0.05) is 19.8 Å². The predicted octanol–water partition coefficient (Wildman–Crippen LogP) is 2.04. The number of nitrogens with two attached hydrogens (primary N) is 1. The molecule has 1 heterocycles. The van der Waals surface area contributed by atoms with E-state index in [4.69, 9.17) is 11.1 Å². The monoisotopic (exact) mass is 224 g/mol. The summed E-state index contributed by atoms with van der Waals surface area (Å²) in [5.74, 6) is 1.06. The van der Waals surface area contributed by atoms with Crippen molar-refractivity contribution in [3.05, 3.63) is 17.8 Å². The fraction of sp³-hybridized carbons (Fsp3) is 0.500. The number of amidine groups is 1. The lowest BCUT2D eigenvalue weighted by molar-refractivity contribution is 0.777. The lowest BCUT2D eigenvalue weighted by Gasteiger charge is -2.04. The standard InChI is InChI=1S/C10H16N4S/c1-2-3-4-7-15-10-8(9(11)12)5-6-13-14-10/h5-6H,2-4,7H2,1H3,(H3,11,12). The Morgan fingerprint density at radius 2 is 2.33 bits per heavy atom. The van der Waals surface area contributed by atoms with Crippen LogP contribution in [0.25, 0.3) is 0 Å². The van der Waals surface area contributed by atoms with Gasteiger partial charge >= 0.3 is 0 Å². The first kappa shape index (κ1) is 12.0. The van der Waals surface area contributed by atoms with Crippen molar-refractivity contribution in [2.24, 2.45) is 5.73 Å². The quantitative estimate of drug-likeness (QED) is 0.335. The van der Waals surface area contributed by atoms with E-state index < -0.39 is 0 Å². The summed E-state index contributed by atoms with van der Waals surface area (Å²) in [7, 11) is 0. The third-order valence-electron chi connectivity index (χ3n) is 1.96. The average molecular weight is 224 g/mol. The maximum atomic E-state index is 7.39. The van der Waals surface area contributed by atoms with Gasteiger partial charge < -0.3 is 5.73 Å². The molecule has 0 radical (unpaired) electrons. The van der Waals surface area contributed by atoms with Crippen LogP contribution in [0.15, 0.2) is 17.3 Å². The Labute approximate surface area is 94.2 Å². The summed E-state index contributed by atoms with van der Waals surface area (Å²) >= 11 is 1.62. The van der Waals surface area contributed by atoms with Crippen LogP contribution in [-0.4, -0.2) is 21.8 Å². The zero-order chi connectivity index (χ0) is 11.1. The van der Waals surface area contributed by atoms with E-state index in [1.165, 1.54) is 12.8 Å². The van der Waals surface area contributed by atoms with Crippen LogP contribution in [0.5, 0.6) is 0 Å². The van der Waals surface area contributed by atoms with E-state index in [-0.39, 0.29) is 5.84 Å². The van der Waals surface area contributed by atoms with Crippen LogP contribution in [0, 0.1) is 5.41 Å². The molecule has 0 amide bonds. The van der Waals surface area contributed by atoms with Gasteiger partial charge in [-0.25, -0.2) is 0 Å². The second-order valence-electron chi connectivity index (χ2n) is 3.22. The lowest BCUT2D eigenvalue weighted by atomic mass is 10.3. The fourth-order valence-electron chi connectivity index (χ4n) is 1.15. The maximum absolute atomic E-state index is 7.39. The Morgan fingerprint density at radius 1 is 1.53 bits per heavy atom. The van der Waals surface area contributed by atoms with Crippen molar-refractivity contribution in [1.29, 1.82) is 5.41 Å². The molecule has 0 aliphatic carbocycles. The summed E-state index contributed by atoms with van der Waals surface area (Å²) in [5, 5.41) is 15.9. The van der Waals surface area contributed by atoms with Crippen molar-refractivity contribution in [1.82, 2.24) is 10.2 Å². The van der Waals surface area contributed by atoms with E-state index in [2.05, 4.69) is 17.1 Å². The van der Waals surface area contributed by atoms with Crippen molar-refractivity contribution < 1.29 is 0 Å². The first-order valence-electron chi connectivity index (χ1n) is 5.04. The number of nitrogen functional groups attached to an aromatic ring is 1. The van der Waals surface area contributed by atoms with E-state index >= 15 is 0 Å². The molecule has 0 aromatic carbocycles. The molecule has 0 saturated carbocycles. The van der Waals surface area contributed by atoms with Gasteiger partial charge in [0.1, 0.15) is 10.9 Å². The number of aromatic nitrogens is 2. The van der Waals surface area contributed by atoms with Gasteiger partial charge in [-0.05, 0) is 18.2 Å². The van der Waals surface area contributed by atoms with Crippen LogP contribution in [0.4, 0.5) is 0 Å². The van der Waals surface area contributed by atoms with Gasteiger partial charge in [0.25, 0.3) is 0 Å². The normalized spacial score (nSPS) is 10.2. The van der Waals surface area contributed by atoms with Gasteiger partial charge in [0.15, 0.2) is 0 Å². The summed E-state index contributed by atoms with van der Waals surface area (Å²) in [6.45, 7) is 2.17. The molecule has 0 aliphatic heterocycles. The minimum atomic E-state index is 0.0582. The number of rotatable bonds is 6. The van der Waals surface area contributed by atoms with Gasteiger partial charge in [-0.15, -0.1) is 16.9 Å². The highest BCUT2D eigenvalue weighted by atomic mass is 32.2. The number of thioether (sulfide) groups is 1. The first-order valence-corrected chi connectivity index (χ1v) is 6.03. The molecule has 4 nitrogen and oxygen atoms in total. The number of nitrogens with zero attached hydrogens (tertiary/aromatic N) is 2. The molecular formula is C10H16N4S. The van der Waals surface area contributed by atoms with Crippen molar-refractivity contribution in [3.8, 4) is 0 Å². The van der Waals surface area contributed by atoms with Crippen LogP contribution in [0.3, 0.4) is 0 Å². The number of nitrogens with one attached hydrogen (secondary N) is 1. The summed E-state index contributed by atoms with van der Waals surface area (Å²) < 4.78 is 0. The van der Waals surface area contributed by atoms with Crippen LogP contribution < -0.4 is 5.73 Å². The molecule has 0 atom stereocenters. The number of hydrogen-bond acceptors (Lipinski definition) is 4. The molecule has 0 aliphatic rings. The first-order chi connectivity index (χ1) is 7.25. The molecule has 0 bridgehead atoms. The molecule has 0 fully saturated rings. The van der Waals surface area contributed by atoms with Gasteiger partial charge in [0, 0.05) is 0 Å². The van der Waals surface area contributed by atoms with Crippen LogP contribution >= 0.6 is 11.8 Å². The molecule has 0 saturated heterocycles. The van der Waals surface area contributed by atoms with Crippen molar-refractivity contribution in [2.75, 3.05) is 5.75 Å². The van der Waals surface area contributed by atoms with Crippen LogP contribution in [0.1, 0.15) is 31.7 Å². The molecule has 0 unspecified atom stereocenters. The van der Waals surface area contributed by atoms with Gasteiger partial charge in [-0.3, -0.25) is 5.41 Å². The fourth-order valence-corrected chi connectivity index (χ4v) is 2.13. The van der Waals surface area contributed by atoms with Crippen molar-refractivity contribution in [3.63, 3.8) is 0 Å². The Kier molecular flexibility index (Phi) is 5.10. The van der Waals surface area contributed by atoms with E-state index in [1.54, 1.807) is 24.0 Å². The minimum absolute atomic E-state index is 0.0582. The highest BCUT2D eigenvalue weighted by Gasteiger charge is 2.06. The molecule has 0 spiro atoms. The van der Waals surface area contributed by atoms with Gasteiger partial charge in [0.05, 0.1) is 11.8 Å². The summed E-state index contributed by atoms with van der Waals surface area (Å²) in [6.07, 6.45) is 5.16. The van der Waals surface area contributed by atoms with Crippen molar-refractivity contribution >= 4 is 17.6 Å². The lowest BCUT2D eigenvalue weighted by Crippen LogP contribution is -2.13. The molecular weight excluding hydrogens is 208 g/mol. The molecule has 1 aromatic heterocycles. The van der Waals surface area contributed by atoms with E-state index in [0.29, 0.717) is 5.56 Å². The summed E-state index contributed by atoms with van der Waals surface area (Å²) in [5.41, 5.74) is 6.13. The Morgan fingerprint density at radius 3 is 3.00 bits per heavy atom. The van der Waals surface area contributed by atoms with Crippen molar-refractivity contribution in [2.45, 2.75) is 31.2 Å². The predicted molar refractivity (Wildman–Crippen MR) is 63.3 cm³/mol. The smallest absolute Gasteiger partial charge is 0.130 e. The Balaban J connectivity index is 2.56. The largest absolute Gasteiger partial charge is 0.384 e. The molecule has 5 heteroatoms. The Hall–Kier alpha value is -1.10. The molecule has 3 N–H and O–H groups in total. The molecule has 82 valence electrons. The van der Waals surface area contributed by atoms with E-state index in [1.807, 2.05) is 0 Å².